The first kappa shape index (κ1) is 23.1. The molecular weight excluding hydrogens is 456 g/mol. The molecule has 0 spiro atoms. The Balaban J connectivity index is 1.38. The third kappa shape index (κ3) is 4.52. The van der Waals surface area contributed by atoms with Crippen LogP contribution in [-0.4, -0.2) is 30.9 Å². The Hall–Kier alpha value is -2.61. The maximum atomic E-state index is 13.5. The second-order valence-electron chi connectivity index (χ2n) is 9.25. The van der Waals surface area contributed by atoms with Crippen LogP contribution in [0.25, 0.3) is 0 Å². The van der Waals surface area contributed by atoms with Gasteiger partial charge in [0.15, 0.2) is 0 Å². The quantitative estimate of drug-likeness (QED) is 0.448. The molecule has 5 rings (SSSR count). The molecule has 2 heterocycles. The lowest BCUT2D eigenvalue weighted by Gasteiger charge is -2.39. The second-order valence-corrected chi connectivity index (χ2v) is 11.1. The largest absolute Gasteiger partial charge is 0.365 e. The Kier molecular flexibility index (Phi) is 6.27. The van der Waals surface area contributed by atoms with Crippen molar-refractivity contribution in [2.75, 3.05) is 0 Å². The number of piperidine rings is 1. The summed E-state index contributed by atoms with van der Waals surface area (Å²) in [5.74, 6) is -0.677. The number of aryl methyl sites for hydroxylation is 1. The minimum Gasteiger partial charge on any atom is -0.365 e. The minimum absolute atomic E-state index is 0.128. The molecule has 0 amide bonds. The number of ether oxygens (including phenoxy) is 1. The van der Waals surface area contributed by atoms with Crippen molar-refractivity contribution in [1.29, 1.82) is 0 Å². The topological polar surface area (TPSA) is 46.6 Å². The van der Waals surface area contributed by atoms with Crippen LogP contribution in [-0.2, 0) is 14.8 Å². The molecule has 0 saturated carbocycles. The first-order valence-corrected chi connectivity index (χ1v) is 13.0. The Morgan fingerprint density at radius 1 is 0.794 bits per heavy atom. The number of nitrogens with zero attached hydrogens (tertiary/aromatic N) is 1. The molecule has 3 aromatic carbocycles. The van der Waals surface area contributed by atoms with Crippen LogP contribution in [0.3, 0.4) is 0 Å². The number of fused-ring (bicyclic) bond motifs is 2. The highest BCUT2D eigenvalue weighted by Gasteiger charge is 2.48. The van der Waals surface area contributed by atoms with Crippen LogP contribution in [0.1, 0.15) is 48.5 Å². The van der Waals surface area contributed by atoms with Gasteiger partial charge >= 0.3 is 0 Å². The van der Waals surface area contributed by atoms with E-state index in [9.17, 15) is 17.2 Å². The summed E-state index contributed by atoms with van der Waals surface area (Å²) in [6.07, 6.45) is 2.11. The Morgan fingerprint density at radius 2 is 1.26 bits per heavy atom. The fraction of sp³-hybridized carbons (Fsp3) is 0.333. The van der Waals surface area contributed by atoms with Crippen molar-refractivity contribution in [1.82, 2.24) is 4.31 Å². The summed E-state index contributed by atoms with van der Waals surface area (Å²) in [5, 5.41) is 0. The number of halogens is 2. The smallest absolute Gasteiger partial charge is 0.243 e. The summed E-state index contributed by atoms with van der Waals surface area (Å²) in [7, 11) is -3.59. The van der Waals surface area contributed by atoms with E-state index in [2.05, 4.69) is 0 Å². The Bertz CT molecular complexity index is 1190. The Labute approximate surface area is 199 Å². The lowest BCUT2D eigenvalue weighted by molar-refractivity contribution is -0.0322. The summed E-state index contributed by atoms with van der Waals surface area (Å²) in [6.45, 7) is 1.93. The van der Waals surface area contributed by atoms with Gasteiger partial charge in [0.2, 0.25) is 10.0 Å². The minimum atomic E-state index is -3.59. The van der Waals surface area contributed by atoms with Gasteiger partial charge in [-0.25, -0.2) is 17.2 Å². The van der Waals surface area contributed by atoms with Gasteiger partial charge in [-0.15, -0.1) is 0 Å². The number of sulfonamides is 1. The van der Waals surface area contributed by atoms with Gasteiger partial charge in [0.05, 0.1) is 11.0 Å². The zero-order valence-electron chi connectivity index (χ0n) is 18.9. The van der Waals surface area contributed by atoms with Crippen LogP contribution in [0, 0.1) is 18.6 Å². The van der Waals surface area contributed by atoms with E-state index < -0.39 is 16.1 Å². The van der Waals surface area contributed by atoms with Crippen LogP contribution >= 0.6 is 0 Å². The standard InChI is InChI=1S/C27H27F2NO3S/c1-18-2-14-26(15-3-18)34(31,32)30-23-12-13-24(30)17-25(16-23)33-27(19-4-8-21(28)9-5-19)20-6-10-22(29)11-7-20/h2-11,14-15,23-25,27H,12-13,16-17H2,1H3/t23-,24+,25?. The monoisotopic (exact) mass is 483 g/mol. The van der Waals surface area contributed by atoms with Crippen molar-refractivity contribution >= 4 is 10.0 Å². The van der Waals surface area contributed by atoms with E-state index in [1.165, 1.54) is 24.3 Å². The predicted octanol–water partition coefficient (Wildman–Crippen LogP) is 5.76. The highest BCUT2D eigenvalue weighted by molar-refractivity contribution is 7.89. The van der Waals surface area contributed by atoms with E-state index >= 15 is 0 Å². The summed E-state index contributed by atoms with van der Waals surface area (Å²) in [6, 6.07) is 19.0. The number of hydrogen-bond acceptors (Lipinski definition) is 3. The molecule has 2 bridgehead atoms. The highest BCUT2D eigenvalue weighted by atomic mass is 32.2. The predicted molar refractivity (Wildman–Crippen MR) is 126 cm³/mol. The third-order valence-corrected chi connectivity index (χ3v) is 8.91. The van der Waals surface area contributed by atoms with Gasteiger partial charge in [-0.3, -0.25) is 0 Å². The number of benzene rings is 3. The fourth-order valence-corrected chi connectivity index (χ4v) is 7.13. The van der Waals surface area contributed by atoms with Gasteiger partial charge in [0.25, 0.3) is 0 Å². The molecule has 3 atom stereocenters. The number of hydrogen-bond donors (Lipinski definition) is 0. The van der Waals surface area contributed by atoms with Gasteiger partial charge < -0.3 is 4.74 Å². The van der Waals surface area contributed by atoms with Gasteiger partial charge in [-0.1, -0.05) is 42.0 Å². The molecule has 4 nitrogen and oxygen atoms in total. The molecule has 0 aliphatic carbocycles. The molecule has 0 N–H and O–H groups in total. The van der Waals surface area contributed by atoms with Crippen LogP contribution < -0.4 is 0 Å². The maximum absolute atomic E-state index is 13.5. The first-order valence-electron chi connectivity index (χ1n) is 11.6. The van der Waals surface area contributed by atoms with Crippen molar-refractivity contribution in [2.45, 2.75) is 61.8 Å². The summed E-state index contributed by atoms with van der Waals surface area (Å²) < 4.78 is 62.1. The third-order valence-electron chi connectivity index (χ3n) is 6.89. The van der Waals surface area contributed by atoms with Crippen molar-refractivity contribution in [3.05, 3.63) is 101 Å². The van der Waals surface area contributed by atoms with E-state index in [4.69, 9.17) is 4.74 Å². The van der Waals surface area contributed by atoms with E-state index in [-0.39, 0.29) is 29.8 Å². The van der Waals surface area contributed by atoms with Gasteiger partial charge in [-0.05, 0) is 80.1 Å². The van der Waals surface area contributed by atoms with Crippen LogP contribution in [0.4, 0.5) is 8.78 Å². The fourth-order valence-electron chi connectivity index (χ4n) is 5.24. The molecule has 0 aromatic heterocycles. The molecule has 34 heavy (non-hydrogen) atoms. The van der Waals surface area contributed by atoms with E-state index in [0.29, 0.717) is 17.7 Å². The number of rotatable bonds is 6. The van der Waals surface area contributed by atoms with Gasteiger partial charge in [0, 0.05) is 12.1 Å². The molecule has 2 saturated heterocycles. The zero-order valence-corrected chi connectivity index (χ0v) is 19.7. The SMILES string of the molecule is Cc1ccc(S(=O)(=O)N2[C@@H]3CC[C@H]2CC(OC(c2ccc(F)cc2)c2ccc(F)cc2)C3)cc1. The van der Waals surface area contributed by atoms with Crippen molar-refractivity contribution in [3.63, 3.8) is 0 Å². The first-order chi connectivity index (χ1) is 16.3. The van der Waals surface area contributed by atoms with Crippen molar-refractivity contribution in [2.24, 2.45) is 0 Å². The van der Waals surface area contributed by atoms with Gasteiger partial charge in [0.1, 0.15) is 17.7 Å². The maximum Gasteiger partial charge on any atom is 0.243 e. The summed E-state index contributed by atoms with van der Waals surface area (Å²) in [4.78, 5) is 0.324. The molecule has 0 radical (unpaired) electrons. The van der Waals surface area contributed by atoms with E-state index in [1.807, 2.05) is 19.1 Å². The highest BCUT2D eigenvalue weighted by Crippen LogP contribution is 2.42. The summed E-state index contributed by atoms with van der Waals surface area (Å²) in [5.41, 5.74) is 2.56. The Morgan fingerprint density at radius 3 is 1.74 bits per heavy atom. The normalized spacial score (nSPS) is 22.9. The molecule has 3 aromatic rings. The molecule has 2 fully saturated rings. The van der Waals surface area contributed by atoms with Gasteiger partial charge in [-0.2, -0.15) is 4.31 Å². The lowest BCUT2D eigenvalue weighted by atomic mass is 9.98. The molecule has 7 heteroatoms. The zero-order chi connectivity index (χ0) is 23.9. The van der Waals surface area contributed by atoms with Crippen molar-refractivity contribution < 1.29 is 21.9 Å². The molecule has 1 unspecified atom stereocenters. The average Bonchev–Trinajstić information content (AvgIpc) is 3.11. The molecule has 2 aliphatic heterocycles. The van der Waals surface area contributed by atoms with Crippen molar-refractivity contribution in [3.8, 4) is 0 Å². The second kappa shape index (κ2) is 9.21. The molecule has 178 valence electrons. The van der Waals surface area contributed by atoms with Crippen LogP contribution in [0.5, 0.6) is 0 Å². The van der Waals surface area contributed by atoms with E-state index in [0.717, 1.165) is 29.5 Å². The lowest BCUT2D eigenvalue weighted by Crippen LogP contribution is -2.48. The average molecular weight is 484 g/mol. The molecule has 2 aliphatic rings. The van der Waals surface area contributed by atoms with Crippen LogP contribution in [0.15, 0.2) is 77.7 Å². The summed E-state index contributed by atoms with van der Waals surface area (Å²) >= 11 is 0. The van der Waals surface area contributed by atoms with E-state index in [1.54, 1.807) is 40.7 Å². The molecular formula is C27H27F2NO3S. The van der Waals surface area contributed by atoms with Crippen LogP contribution in [0.2, 0.25) is 0 Å².